The number of anilines is 1. The molecular weight excluding hydrogens is 268 g/mol. The van der Waals surface area contributed by atoms with Crippen LogP contribution in [0.25, 0.3) is 0 Å². The number of hydrogen-bond donors (Lipinski definition) is 1. The van der Waals surface area contributed by atoms with Gasteiger partial charge in [-0.1, -0.05) is 55.8 Å². The second kappa shape index (κ2) is 6.45. The number of nitrogens with zero attached hydrogens (tertiary/aromatic N) is 1. The maximum Gasteiger partial charge on any atom is 0.103 e. The molecule has 0 bridgehead atoms. The van der Waals surface area contributed by atoms with Crippen molar-refractivity contribution in [2.75, 3.05) is 5.32 Å². The molecule has 0 aliphatic rings. The van der Waals surface area contributed by atoms with E-state index < -0.39 is 0 Å². The minimum absolute atomic E-state index is 0.479. The first-order valence-corrected chi connectivity index (χ1v) is 7.01. The van der Waals surface area contributed by atoms with Crippen molar-refractivity contribution in [2.45, 2.75) is 26.3 Å². The molecule has 2 aromatic rings. The van der Waals surface area contributed by atoms with E-state index in [9.17, 15) is 0 Å². The quantitative estimate of drug-likeness (QED) is 0.862. The minimum Gasteiger partial charge on any atom is -0.380 e. The van der Waals surface area contributed by atoms with Gasteiger partial charge in [-0.05, 0) is 29.2 Å². The van der Waals surface area contributed by atoms with Crippen LogP contribution in [-0.2, 0) is 6.54 Å². The van der Waals surface area contributed by atoms with E-state index >= 15 is 0 Å². The molecule has 0 saturated carbocycles. The van der Waals surface area contributed by atoms with Crippen molar-refractivity contribution in [3.8, 4) is 6.07 Å². The first-order chi connectivity index (χ1) is 9.61. The van der Waals surface area contributed by atoms with Crippen LogP contribution < -0.4 is 5.32 Å². The fourth-order valence-electron chi connectivity index (χ4n) is 2.00. The van der Waals surface area contributed by atoms with Gasteiger partial charge in [-0.3, -0.25) is 0 Å². The normalized spacial score (nSPS) is 10.3. The summed E-state index contributed by atoms with van der Waals surface area (Å²) in [5, 5.41) is 12.9. The highest BCUT2D eigenvalue weighted by molar-refractivity contribution is 6.32. The van der Waals surface area contributed by atoms with Gasteiger partial charge < -0.3 is 5.32 Å². The molecule has 20 heavy (non-hydrogen) atoms. The number of hydrogen-bond acceptors (Lipinski definition) is 2. The van der Waals surface area contributed by atoms with E-state index in [4.69, 9.17) is 16.9 Å². The molecule has 3 heteroatoms. The zero-order chi connectivity index (χ0) is 14.5. The fourth-order valence-corrected chi connectivity index (χ4v) is 2.22. The van der Waals surface area contributed by atoms with E-state index in [1.165, 1.54) is 11.1 Å². The third-order valence-corrected chi connectivity index (χ3v) is 3.57. The van der Waals surface area contributed by atoms with Crippen molar-refractivity contribution < 1.29 is 0 Å². The molecule has 0 aliphatic heterocycles. The lowest BCUT2D eigenvalue weighted by molar-refractivity contribution is 0.865. The predicted octanol–water partition coefficient (Wildman–Crippen LogP) is 4.95. The van der Waals surface area contributed by atoms with Crippen LogP contribution in [0.1, 0.15) is 36.5 Å². The average molecular weight is 285 g/mol. The van der Waals surface area contributed by atoms with E-state index in [0.29, 0.717) is 23.0 Å². The van der Waals surface area contributed by atoms with Crippen LogP contribution >= 0.6 is 11.6 Å². The molecule has 0 unspecified atom stereocenters. The van der Waals surface area contributed by atoms with Crippen molar-refractivity contribution in [1.82, 2.24) is 0 Å². The lowest BCUT2D eigenvalue weighted by Gasteiger charge is -2.10. The van der Waals surface area contributed by atoms with Crippen LogP contribution in [0.5, 0.6) is 0 Å². The summed E-state index contributed by atoms with van der Waals surface area (Å²) in [6.07, 6.45) is 0. The summed E-state index contributed by atoms with van der Waals surface area (Å²) < 4.78 is 0. The lowest BCUT2D eigenvalue weighted by Crippen LogP contribution is -2.01. The van der Waals surface area contributed by atoms with E-state index in [-0.39, 0.29) is 0 Å². The van der Waals surface area contributed by atoms with Crippen molar-refractivity contribution in [3.63, 3.8) is 0 Å². The van der Waals surface area contributed by atoms with Crippen LogP contribution in [0.2, 0.25) is 5.02 Å². The molecule has 102 valence electrons. The first kappa shape index (κ1) is 14.4. The van der Waals surface area contributed by atoms with Gasteiger partial charge in [-0.15, -0.1) is 0 Å². The van der Waals surface area contributed by atoms with Gasteiger partial charge in [-0.25, -0.2) is 0 Å². The Labute approximate surface area is 125 Å². The Kier molecular flexibility index (Phi) is 4.65. The molecule has 0 heterocycles. The maximum absolute atomic E-state index is 9.12. The summed E-state index contributed by atoms with van der Waals surface area (Å²) in [6.45, 7) is 5.03. The van der Waals surface area contributed by atoms with Crippen LogP contribution in [0, 0.1) is 11.3 Å². The van der Waals surface area contributed by atoms with E-state index in [2.05, 4.69) is 49.5 Å². The first-order valence-electron chi connectivity index (χ1n) is 6.63. The smallest absolute Gasteiger partial charge is 0.103 e. The fraction of sp³-hybridized carbons (Fsp3) is 0.235. The second-order valence-electron chi connectivity index (χ2n) is 5.02. The summed E-state index contributed by atoms with van der Waals surface area (Å²) in [4.78, 5) is 0. The Morgan fingerprint density at radius 2 is 1.85 bits per heavy atom. The largest absolute Gasteiger partial charge is 0.380 e. The Bertz CT molecular complexity index is 624. The van der Waals surface area contributed by atoms with E-state index in [1.807, 2.05) is 12.1 Å². The molecular formula is C17H17ClN2. The number of benzene rings is 2. The molecule has 0 radical (unpaired) electrons. The maximum atomic E-state index is 9.12. The Hall–Kier alpha value is -1.98. The molecule has 2 aromatic carbocycles. The van der Waals surface area contributed by atoms with Crippen LogP contribution in [0.3, 0.4) is 0 Å². The predicted molar refractivity (Wildman–Crippen MR) is 84.0 cm³/mol. The number of nitriles is 1. The van der Waals surface area contributed by atoms with E-state index in [1.54, 1.807) is 6.07 Å². The zero-order valence-corrected chi connectivity index (χ0v) is 12.4. The second-order valence-corrected chi connectivity index (χ2v) is 5.43. The summed E-state index contributed by atoms with van der Waals surface area (Å²) in [5.41, 5.74) is 3.77. The van der Waals surface area contributed by atoms with Gasteiger partial charge in [0, 0.05) is 6.54 Å². The van der Waals surface area contributed by atoms with Gasteiger partial charge in [0.25, 0.3) is 0 Å². The average Bonchev–Trinajstić information content (AvgIpc) is 2.45. The number of nitrogens with one attached hydrogen (secondary N) is 1. The third kappa shape index (κ3) is 3.31. The van der Waals surface area contributed by atoms with Crippen molar-refractivity contribution >= 4 is 17.3 Å². The molecule has 0 amide bonds. The standard InChI is InChI=1S/C17H17ClN2/c1-12(2)14-8-6-13(7-9-14)11-20-17-5-3-4-16(18)15(17)10-19/h3-9,12,20H,11H2,1-2H3. The number of halogens is 1. The van der Waals surface area contributed by atoms with Crippen LogP contribution in [0.4, 0.5) is 5.69 Å². The molecule has 0 saturated heterocycles. The molecule has 1 N–H and O–H groups in total. The van der Waals surface area contributed by atoms with Crippen LogP contribution in [-0.4, -0.2) is 0 Å². The summed E-state index contributed by atoms with van der Waals surface area (Å²) >= 11 is 6.00. The summed E-state index contributed by atoms with van der Waals surface area (Å²) in [7, 11) is 0. The molecule has 0 spiro atoms. The monoisotopic (exact) mass is 284 g/mol. The Balaban J connectivity index is 2.09. The van der Waals surface area contributed by atoms with Gasteiger partial charge in [-0.2, -0.15) is 5.26 Å². The highest BCUT2D eigenvalue weighted by Crippen LogP contribution is 2.24. The molecule has 2 nitrogen and oxygen atoms in total. The summed E-state index contributed by atoms with van der Waals surface area (Å²) in [6, 6.07) is 16.1. The molecule has 0 fully saturated rings. The van der Waals surface area contributed by atoms with Gasteiger partial charge >= 0.3 is 0 Å². The van der Waals surface area contributed by atoms with Gasteiger partial charge in [0.05, 0.1) is 16.3 Å². The molecule has 0 atom stereocenters. The van der Waals surface area contributed by atoms with Crippen molar-refractivity contribution in [1.29, 1.82) is 5.26 Å². The van der Waals surface area contributed by atoms with Gasteiger partial charge in [0.1, 0.15) is 6.07 Å². The van der Waals surface area contributed by atoms with Gasteiger partial charge in [0.2, 0.25) is 0 Å². The van der Waals surface area contributed by atoms with Crippen LogP contribution in [0.15, 0.2) is 42.5 Å². The van der Waals surface area contributed by atoms with Crippen molar-refractivity contribution in [2.24, 2.45) is 0 Å². The molecule has 0 aliphatic carbocycles. The summed E-state index contributed by atoms with van der Waals surface area (Å²) in [5.74, 6) is 0.537. The highest BCUT2D eigenvalue weighted by Gasteiger charge is 2.06. The highest BCUT2D eigenvalue weighted by atomic mass is 35.5. The zero-order valence-electron chi connectivity index (χ0n) is 11.7. The van der Waals surface area contributed by atoms with E-state index in [0.717, 1.165) is 5.69 Å². The lowest BCUT2D eigenvalue weighted by atomic mass is 10.0. The minimum atomic E-state index is 0.479. The molecule has 2 rings (SSSR count). The van der Waals surface area contributed by atoms with Gasteiger partial charge in [0.15, 0.2) is 0 Å². The third-order valence-electron chi connectivity index (χ3n) is 3.25. The Morgan fingerprint density at radius 1 is 1.15 bits per heavy atom. The topological polar surface area (TPSA) is 35.8 Å². The SMILES string of the molecule is CC(C)c1ccc(CNc2cccc(Cl)c2C#N)cc1. The Morgan fingerprint density at radius 3 is 2.45 bits per heavy atom. The number of rotatable bonds is 4. The molecule has 0 aromatic heterocycles. The van der Waals surface area contributed by atoms with Crippen molar-refractivity contribution in [3.05, 3.63) is 64.2 Å².